The van der Waals surface area contributed by atoms with Gasteiger partial charge in [0.1, 0.15) is 0 Å². The van der Waals surface area contributed by atoms with Gasteiger partial charge in [-0.15, -0.1) is 0 Å². The lowest BCUT2D eigenvalue weighted by Gasteiger charge is -2.08. The molecule has 0 atom stereocenters. The molecule has 20 heavy (non-hydrogen) atoms. The van der Waals surface area contributed by atoms with Gasteiger partial charge in [0.25, 0.3) is 0 Å². The normalized spacial score (nSPS) is 11.2. The van der Waals surface area contributed by atoms with Crippen molar-refractivity contribution in [1.82, 2.24) is 4.98 Å². The van der Waals surface area contributed by atoms with E-state index in [0.29, 0.717) is 0 Å². The van der Waals surface area contributed by atoms with E-state index in [0.717, 1.165) is 24.3 Å². The highest BCUT2D eigenvalue weighted by Crippen LogP contribution is 2.29. The number of hydrogen-bond donors (Lipinski definition) is 0. The number of ketones is 1. The summed E-state index contributed by atoms with van der Waals surface area (Å²) in [6.07, 6.45) is -2.96. The molecule has 2 aromatic rings. The molecule has 0 aliphatic heterocycles. The van der Waals surface area contributed by atoms with Crippen molar-refractivity contribution in [3.05, 3.63) is 59.3 Å². The van der Waals surface area contributed by atoms with E-state index in [2.05, 4.69) is 4.98 Å². The van der Waals surface area contributed by atoms with Gasteiger partial charge in [0, 0.05) is 11.8 Å². The summed E-state index contributed by atoms with van der Waals surface area (Å²) in [7, 11) is 1.37. The molecule has 1 heterocycles. The van der Waals surface area contributed by atoms with Gasteiger partial charge < -0.3 is 4.74 Å². The van der Waals surface area contributed by atoms with Crippen LogP contribution < -0.4 is 4.74 Å². The number of rotatable bonds is 3. The van der Waals surface area contributed by atoms with Gasteiger partial charge in [-0.2, -0.15) is 13.2 Å². The summed E-state index contributed by atoms with van der Waals surface area (Å²) in [5.41, 5.74) is -0.453. The van der Waals surface area contributed by atoms with Crippen LogP contribution in [0.3, 0.4) is 0 Å². The van der Waals surface area contributed by atoms with Crippen LogP contribution >= 0.6 is 0 Å². The molecular formula is C14H10F3NO2. The molecule has 2 rings (SSSR count). The Morgan fingerprint density at radius 3 is 2.35 bits per heavy atom. The van der Waals surface area contributed by atoms with Gasteiger partial charge in [0.15, 0.2) is 5.78 Å². The summed E-state index contributed by atoms with van der Waals surface area (Å²) in [6, 6.07) is 7.08. The average Bonchev–Trinajstić information content (AvgIpc) is 2.45. The molecule has 0 bridgehead atoms. The molecule has 0 unspecified atom stereocenters. The molecule has 1 aromatic heterocycles. The summed E-state index contributed by atoms with van der Waals surface area (Å²) >= 11 is 0. The van der Waals surface area contributed by atoms with E-state index in [1.807, 2.05) is 0 Å². The van der Waals surface area contributed by atoms with Gasteiger partial charge in [-0.3, -0.25) is 4.79 Å². The van der Waals surface area contributed by atoms with Gasteiger partial charge in [0.2, 0.25) is 5.88 Å². The van der Waals surface area contributed by atoms with Crippen molar-refractivity contribution in [1.29, 1.82) is 0 Å². The molecule has 104 valence electrons. The van der Waals surface area contributed by atoms with Crippen molar-refractivity contribution >= 4 is 5.78 Å². The third kappa shape index (κ3) is 2.79. The van der Waals surface area contributed by atoms with E-state index in [4.69, 9.17) is 4.74 Å². The predicted octanol–water partition coefficient (Wildman–Crippen LogP) is 3.34. The first-order valence-electron chi connectivity index (χ1n) is 5.64. The van der Waals surface area contributed by atoms with Crippen LogP contribution in [0.25, 0.3) is 0 Å². The molecule has 0 saturated heterocycles. The van der Waals surface area contributed by atoms with E-state index in [9.17, 15) is 18.0 Å². The molecular weight excluding hydrogens is 271 g/mol. The molecule has 0 radical (unpaired) electrons. The molecule has 0 spiro atoms. The largest absolute Gasteiger partial charge is 0.480 e. The van der Waals surface area contributed by atoms with Gasteiger partial charge in [0.05, 0.1) is 18.2 Å². The van der Waals surface area contributed by atoms with Gasteiger partial charge in [-0.05, 0) is 24.3 Å². The van der Waals surface area contributed by atoms with Crippen LogP contribution in [0.1, 0.15) is 21.5 Å². The van der Waals surface area contributed by atoms with Crippen molar-refractivity contribution in [3.8, 4) is 5.88 Å². The number of ether oxygens (including phenoxy) is 1. The number of carbonyl (C=O) groups is 1. The van der Waals surface area contributed by atoms with E-state index >= 15 is 0 Å². The van der Waals surface area contributed by atoms with E-state index in [1.54, 1.807) is 6.07 Å². The van der Waals surface area contributed by atoms with E-state index in [1.165, 1.54) is 19.4 Å². The zero-order valence-corrected chi connectivity index (χ0v) is 10.4. The Bertz CT molecular complexity index is 621. The highest BCUT2D eigenvalue weighted by Gasteiger charge is 2.30. The first-order valence-corrected chi connectivity index (χ1v) is 5.64. The predicted molar refractivity (Wildman–Crippen MR) is 65.7 cm³/mol. The number of pyridine rings is 1. The maximum Gasteiger partial charge on any atom is 0.416 e. The SMILES string of the molecule is COc1ncccc1C(=O)c1ccc(C(F)(F)F)cc1. The number of hydrogen-bond acceptors (Lipinski definition) is 3. The van der Waals surface area contributed by atoms with Crippen LogP contribution in [0.2, 0.25) is 0 Å². The highest BCUT2D eigenvalue weighted by atomic mass is 19.4. The minimum absolute atomic E-state index is 0.136. The Labute approximate surface area is 113 Å². The number of halogens is 3. The summed E-state index contributed by atoms with van der Waals surface area (Å²) in [6.45, 7) is 0. The van der Waals surface area contributed by atoms with Gasteiger partial charge >= 0.3 is 6.18 Å². The van der Waals surface area contributed by atoms with Crippen molar-refractivity contribution in [2.24, 2.45) is 0 Å². The highest BCUT2D eigenvalue weighted by molar-refractivity contribution is 6.10. The standard InChI is InChI=1S/C14H10F3NO2/c1-20-13-11(3-2-8-18-13)12(19)9-4-6-10(7-5-9)14(15,16)17/h2-8H,1H3. The van der Waals surface area contributed by atoms with Crippen molar-refractivity contribution in [2.45, 2.75) is 6.18 Å². The molecule has 0 amide bonds. The molecule has 0 aliphatic carbocycles. The number of aromatic nitrogens is 1. The first-order chi connectivity index (χ1) is 9.43. The Morgan fingerprint density at radius 1 is 1.15 bits per heavy atom. The molecule has 3 nitrogen and oxygen atoms in total. The lowest BCUT2D eigenvalue weighted by Crippen LogP contribution is -2.08. The minimum atomic E-state index is -4.42. The van der Waals surface area contributed by atoms with Crippen molar-refractivity contribution in [3.63, 3.8) is 0 Å². The molecule has 0 saturated carbocycles. The lowest BCUT2D eigenvalue weighted by molar-refractivity contribution is -0.137. The quantitative estimate of drug-likeness (QED) is 0.810. The second-order valence-corrected chi connectivity index (χ2v) is 3.96. The second-order valence-electron chi connectivity index (χ2n) is 3.96. The van der Waals surface area contributed by atoms with Crippen molar-refractivity contribution in [2.75, 3.05) is 7.11 Å². The number of nitrogens with zero attached hydrogens (tertiary/aromatic N) is 1. The monoisotopic (exact) mass is 281 g/mol. The van der Waals surface area contributed by atoms with Crippen LogP contribution in [-0.4, -0.2) is 17.9 Å². The first kappa shape index (κ1) is 14.0. The Balaban J connectivity index is 2.34. The number of alkyl halides is 3. The lowest BCUT2D eigenvalue weighted by atomic mass is 10.0. The van der Waals surface area contributed by atoms with Crippen LogP contribution in [0, 0.1) is 0 Å². The van der Waals surface area contributed by atoms with Crippen LogP contribution in [0.15, 0.2) is 42.6 Å². The Kier molecular flexibility index (Phi) is 3.74. The summed E-state index contributed by atoms with van der Waals surface area (Å²) in [5.74, 6) is -0.305. The smallest absolute Gasteiger partial charge is 0.416 e. The number of benzene rings is 1. The van der Waals surface area contributed by atoms with Crippen LogP contribution in [-0.2, 0) is 6.18 Å². The maximum absolute atomic E-state index is 12.4. The topological polar surface area (TPSA) is 39.2 Å². The Morgan fingerprint density at radius 2 is 1.80 bits per heavy atom. The average molecular weight is 281 g/mol. The fraction of sp³-hybridized carbons (Fsp3) is 0.143. The van der Waals surface area contributed by atoms with E-state index < -0.39 is 17.5 Å². The zero-order chi connectivity index (χ0) is 14.8. The van der Waals surface area contributed by atoms with E-state index in [-0.39, 0.29) is 17.0 Å². The molecule has 0 N–H and O–H groups in total. The number of carbonyl (C=O) groups excluding carboxylic acids is 1. The summed E-state index contributed by atoms with van der Waals surface area (Å²) in [4.78, 5) is 16.1. The maximum atomic E-state index is 12.4. The molecule has 1 aromatic carbocycles. The van der Waals surface area contributed by atoms with Crippen LogP contribution in [0.4, 0.5) is 13.2 Å². The molecule has 0 fully saturated rings. The fourth-order valence-corrected chi connectivity index (χ4v) is 1.69. The van der Waals surface area contributed by atoms with Crippen LogP contribution in [0.5, 0.6) is 5.88 Å². The Hall–Kier alpha value is -2.37. The minimum Gasteiger partial charge on any atom is -0.480 e. The third-order valence-corrected chi connectivity index (χ3v) is 2.68. The number of methoxy groups -OCH3 is 1. The second kappa shape index (κ2) is 5.32. The summed E-state index contributed by atoms with van der Waals surface area (Å²) < 4.78 is 42.3. The molecule has 0 aliphatic rings. The van der Waals surface area contributed by atoms with Gasteiger partial charge in [-0.25, -0.2) is 4.98 Å². The fourth-order valence-electron chi connectivity index (χ4n) is 1.69. The van der Waals surface area contributed by atoms with Crippen molar-refractivity contribution < 1.29 is 22.7 Å². The molecule has 6 heteroatoms. The zero-order valence-electron chi connectivity index (χ0n) is 10.4. The summed E-state index contributed by atoms with van der Waals surface area (Å²) in [5, 5.41) is 0. The third-order valence-electron chi connectivity index (χ3n) is 2.68. The van der Waals surface area contributed by atoms with Gasteiger partial charge in [-0.1, -0.05) is 12.1 Å².